The van der Waals surface area contributed by atoms with Gasteiger partial charge < -0.3 is 20.3 Å². The molecule has 2 aromatic carbocycles. The van der Waals surface area contributed by atoms with Crippen molar-refractivity contribution < 1.29 is 14.3 Å². The van der Waals surface area contributed by atoms with Crippen molar-refractivity contribution in [1.82, 2.24) is 15.1 Å². The molecule has 1 fully saturated rings. The predicted octanol–water partition coefficient (Wildman–Crippen LogP) is 4.86. The van der Waals surface area contributed by atoms with Crippen LogP contribution < -0.4 is 15.4 Å². The van der Waals surface area contributed by atoms with Gasteiger partial charge in [0.2, 0.25) is 5.01 Å². The maximum absolute atomic E-state index is 12.7. The molecule has 10 heteroatoms. The highest BCUT2D eigenvalue weighted by Gasteiger charge is 2.28. The van der Waals surface area contributed by atoms with Gasteiger partial charge in [-0.2, -0.15) is 0 Å². The summed E-state index contributed by atoms with van der Waals surface area (Å²) in [6, 6.07) is 14.0. The van der Waals surface area contributed by atoms with Crippen molar-refractivity contribution >= 4 is 46.3 Å². The zero-order chi connectivity index (χ0) is 22.5. The first-order valence-electron chi connectivity index (χ1n) is 10.1. The number of aromatic nitrogens is 2. The fourth-order valence-corrected chi connectivity index (χ4v) is 4.54. The number of benzene rings is 2. The quantitative estimate of drug-likeness (QED) is 0.553. The Kier molecular flexibility index (Phi) is 6.87. The van der Waals surface area contributed by atoms with E-state index in [0.29, 0.717) is 29.5 Å². The molecule has 166 valence electrons. The highest BCUT2D eigenvalue weighted by atomic mass is 35.5. The second kappa shape index (κ2) is 9.97. The van der Waals surface area contributed by atoms with Gasteiger partial charge in [0.05, 0.1) is 7.11 Å². The van der Waals surface area contributed by atoms with Crippen LogP contribution in [0.4, 0.5) is 16.2 Å². The maximum Gasteiger partial charge on any atom is 0.321 e. The molecule has 32 heavy (non-hydrogen) atoms. The third-order valence-corrected chi connectivity index (χ3v) is 6.44. The number of halogens is 1. The van der Waals surface area contributed by atoms with Crippen LogP contribution in [0.5, 0.6) is 5.75 Å². The van der Waals surface area contributed by atoms with Gasteiger partial charge >= 0.3 is 6.03 Å². The SMILES string of the molecule is COc1ccc(NC(=O)N2CCCC(c3nnc(C(=O)Nc4cccc(Cl)c4)s3)C2)cc1. The zero-order valence-corrected chi connectivity index (χ0v) is 18.9. The Labute approximate surface area is 194 Å². The Morgan fingerprint density at radius 2 is 1.94 bits per heavy atom. The summed E-state index contributed by atoms with van der Waals surface area (Å²) in [5.41, 5.74) is 1.30. The first kappa shape index (κ1) is 22.0. The third-order valence-electron chi connectivity index (χ3n) is 5.12. The van der Waals surface area contributed by atoms with Gasteiger partial charge in [-0.3, -0.25) is 4.79 Å². The van der Waals surface area contributed by atoms with Crippen LogP contribution in [0.25, 0.3) is 0 Å². The van der Waals surface area contributed by atoms with Crippen molar-refractivity contribution in [3.63, 3.8) is 0 Å². The number of piperidine rings is 1. The second-order valence-electron chi connectivity index (χ2n) is 7.35. The molecule has 1 atom stereocenters. The number of hydrogen-bond acceptors (Lipinski definition) is 6. The first-order valence-corrected chi connectivity index (χ1v) is 11.3. The molecule has 1 saturated heterocycles. The minimum atomic E-state index is -0.332. The summed E-state index contributed by atoms with van der Waals surface area (Å²) in [4.78, 5) is 27.0. The minimum absolute atomic E-state index is 0.0376. The van der Waals surface area contributed by atoms with Crippen molar-refractivity contribution in [2.75, 3.05) is 30.8 Å². The molecule has 0 saturated carbocycles. The molecular formula is C22H22ClN5O3S. The molecule has 8 nitrogen and oxygen atoms in total. The number of nitrogens with one attached hydrogen (secondary N) is 2. The number of rotatable bonds is 5. The first-order chi connectivity index (χ1) is 15.5. The Morgan fingerprint density at radius 3 is 2.69 bits per heavy atom. The monoisotopic (exact) mass is 471 g/mol. The van der Waals surface area contributed by atoms with Crippen molar-refractivity contribution in [3.05, 3.63) is 63.6 Å². The van der Waals surface area contributed by atoms with Crippen molar-refractivity contribution in [2.24, 2.45) is 0 Å². The van der Waals surface area contributed by atoms with Gasteiger partial charge in [0.25, 0.3) is 5.91 Å². The van der Waals surface area contributed by atoms with Crippen LogP contribution in [0.2, 0.25) is 5.02 Å². The van der Waals surface area contributed by atoms with E-state index >= 15 is 0 Å². The van der Waals surface area contributed by atoms with E-state index in [0.717, 1.165) is 23.6 Å². The lowest BCUT2D eigenvalue weighted by Gasteiger charge is -2.31. The van der Waals surface area contributed by atoms with Gasteiger partial charge in [-0.05, 0) is 55.3 Å². The second-order valence-corrected chi connectivity index (χ2v) is 8.80. The Balaban J connectivity index is 1.37. The number of hydrogen-bond donors (Lipinski definition) is 2. The largest absolute Gasteiger partial charge is 0.497 e. The Hall–Kier alpha value is -3.17. The number of ether oxygens (including phenoxy) is 1. The highest BCUT2D eigenvalue weighted by molar-refractivity contribution is 7.13. The van der Waals surface area contributed by atoms with Crippen LogP contribution in [0.3, 0.4) is 0 Å². The van der Waals surface area contributed by atoms with E-state index in [1.54, 1.807) is 60.5 Å². The van der Waals surface area contributed by atoms with Gasteiger partial charge in [0.15, 0.2) is 0 Å². The standard InChI is InChI=1S/C22H22ClN5O3S/c1-31-18-9-7-16(8-10-18)25-22(30)28-11-3-4-14(13-28)20-26-27-21(32-20)19(29)24-17-6-2-5-15(23)12-17/h2,5-10,12,14H,3-4,11,13H2,1H3,(H,24,29)(H,25,30). The average Bonchev–Trinajstić information content (AvgIpc) is 3.30. The summed E-state index contributed by atoms with van der Waals surface area (Å²) in [6.45, 7) is 1.19. The average molecular weight is 472 g/mol. The number of methoxy groups -OCH3 is 1. The van der Waals surface area contributed by atoms with Gasteiger partial charge in [-0.15, -0.1) is 10.2 Å². The topological polar surface area (TPSA) is 96.4 Å². The lowest BCUT2D eigenvalue weighted by atomic mass is 9.99. The molecule has 2 N–H and O–H groups in total. The van der Waals surface area contributed by atoms with Gasteiger partial charge in [0.1, 0.15) is 10.8 Å². The summed E-state index contributed by atoms with van der Waals surface area (Å²) >= 11 is 7.22. The molecule has 0 radical (unpaired) electrons. The van der Waals surface area contributed by atoms with E-state index in [9.17, 15) is 9.59 Å². The Bertz CT molecular complexity index is 1100. The van der Waals surface area contributed by atoms with Crippen LogP contribution in [0.15, 0.2) is 48.5 Å². The fourth-order valence-electron chi connectivity index (χ4n) is 3.48. The number of carbonyl (C=O) groups is 2. The molecule has 2 heterocycles. The van der Waals surface area contributed by atoms with E-state index < -0.39 is 0 Å². The molecule has 3 amide bonds. The molecule has 1 aromatic heterocycles. The number of urea groups is 1. The van der Waals surface area contributed by atoms with Crippen LogP contribution in [0.1, 0.15) is 33.6 Å². The summed E-state index contributed by atoms with van der Waals surface area (Å²) in [5.74, 6) is 0.434. The molecule has 1 aliphatic heterocycles. The molecule has 0 bridgehead atoms. The molecule has 0 aliphatic carbocycles. The molecule has 1 aliphatic rings. The van der Waals surface area contributed by atoms with Crippen LogP contribution in [0, 0.1) is 0 Å². The number of anilines is 2. The summed E-state index contributed by atoms with van der Waals surface area (Å²) < 4.78 is 5.14. The van der Waals surface area contributed by atoms with Crippen molar-refractivity contribution in [1.29, 1.82) is 0 Å². The summed E-state index contributed by atoms with van der Waals surface area (Å²) in [5, 5.41) is 15.5. The normalized spacial score (nSPS) is 15.8. The fraction of sp³-hybridized carbons (Fsp3) is 0.273. The number of likely N-dealkylation sites (tertiary alicyclic amines) is 1. The number of carbonyl (C=O) groups excluding carboxylic acids is 2. The van der Waals surface area contributed by atoms with E-state index in [4.69, 9.17) is 16.3 Å². The molecule has 4 rings (SSSR count). The van der Waals surface area contributed by atoms with Crippen LogP contribution in [-0.4, -0.2) is 47.2 Å². The minimum Gasteiger partial charge on any atom is -0.497 e. The lowest BCUT2D eigenvalue weighted by molar-refractivity contribution is 0.102. The molecule has 1 unspecified atom stereocenters. The van der Waals surface area contributed by atoms with Gasteiger partial charge in [0, 0.05) is 35.4 Å². The number of nitrogens with zero attached hydrogens (tertiary/aromatic N) is 3. The predicted molar refractivity (Wildman–Crippen MR) is 125 cm³/mol. The van der Waals surface area contributed by atoms with Crippen molar-refractivity contribution in [3.8, 4) is 5.75 Å². The number of amides is 3. The van der Waals surface area contributed by atoms with E-state index in [1.807, 2.05) is 0 Å². The lowest BCUT2D eigenvalue weighted by Crippen LogP contribution is -2.41. The third kappa shape index (κ3) is 5.35. The van der Waals surface area contributed by atoms with Gasteiger partial charge in [-0.1, -0.05) is 29.0 Å². The summed E-state index contributed by atoms with van der Waals surface area (Å²) in [7, 11) is 1.60. The molecule has 0 spiro atoms. The van der Waals surface area contributed by atoms with Crippen molar-refractivity contribution in [2.45, 2.75) is 18.8 Å². The van der Waals surface area contributed by atoms with Gasteiger partial charge in [-0.25, -0.2) is 4.79 Å². The smallest absolute Gasteiger partial charge is 0.321 e. The van der Waals surface area contributed by atoms with E-state index in [-0.39, 0.29) is 22.9 Å². The van der Waals surface area contributed by atoms with Crippen LogP contribution in [-0.2, 0) is 0 Å². The van der Waals surface area contributed by atoms with Crippen LogP contribution >= 0.6 is 22.9 Å². The van der Waals surface area contributed by atoms with E-state index in [2.05, 4.69) is 20.8 Å². The molecular weight excluding hydrogens is 450 g/mol. The molecule has 3 aromatic rings. The summed E-state index contributed by atoms with van der Waals surface area (Å²) in [6.07, 6.45) is 1.74. The zero-order valence-electron chi connectivity index (χ0n) is 17.4. The highest BCUT2D eigenvalue weighted by Crippen LogP contribution is 2.30. The Morgan fingerprint density at radius 1 is 1.12 bits per heavy atom. The van der Waals surface area contributed by atoms with E-state index in [1.165, 1.54) is 11.3 Å². The maximum atomic E-state index is 12.7.